The SMILES string of the molecule is O=C(OC(Cc1c(Cl)c[n+]([O-])cc1Cl)c1ccc(OC(F)F)c(OCC2CC2)c1)C1CCCN1C(=O)Cc1ccccc1. The Balaban J connectivity index is 1.42. The van der Waals surface area contributed by atoms with Crippen molar-refractivity contribution < 1.29 is 37.3 Å². The molecule has 2 aromatic carbocycles. The molecule has 0 radical (unpaired) electrons. The van der Waals surface area contributed by atoms with Crippen molar-refractivity contribution in [1.29, 1.82) is 0 Å². The smallest absolute Gasteiger partial charge is 0.387 e. The van der Waals surface area contributed by atoms with Crippen molar-refractivity contribution >= 4 is 35.1 Å². The lowest BCUT2D eigenvalue weighted by atomic mass is 10.0. The van der Waals surface area contributed by atoms with Gasteiger partial charge in [-0.25, -0.2) is 4.79 Å². The number of likely N-dealkylation sites (tertiary alicyclic amines) is 1. The zero-order chi connectivity index (χ0) is 30.5. The van der Waals surface area contributed by atoms with Gasteiger partial charge in [0.25, 0.3) is 0 Å². The summed E-state index contributed by atoms with van der Waals surface area (Å²) in [4.78, 5) is 28.3. The predicted octanol–water partition coefficient (Wildman–Crippen LogP) is 6.08. The molecule has 1 aromatic heterocycles. The summed E-state index contributed by atoms with van der Waals surface area (Å²) < 4.78 is 43.2. The van der Waals surface area contributed by atoms with Crippen molar-refractivity contribution in [2.75, 3.05) is 13.2 Å². The monoisotopic (exact) mass is 634 g/mol. The number of esters is 1. The van der Waals surface area contributed by atoms with Gasteiger partial charge in [0.15, 0.2) is 23.9 Å². The van der Waals surface area contributed by atoms with E-state index in [2.05, 4.69) is 4.74 Å². The number of benzene rings is 2. The highest BCUT2D eigenvalue weighted by atomic mass is 35.5. The number of pyridine rings is 1. The molecule has 2 fully saturated rings. The summed E-state index contributed by atoms with van der Waals surface area (Å²) in [6, 6.07) is 12.7. The van der Waals surface area contributed by atoms with E-state index in [4.69, 9.17) is 32.7 Å². The van der Waals surface area contributed by atoms with Gasteiger partial charge in [-0.05, 0) is 54.9 Å². The minimum atomic E-state index is -3.06. The van der Waals surface area contributed by atoms with Gasteiger partial charge in [0.1, 0.15) is 22.2 Å². The maximum Gasteiger partial charge on any atom is 0.387 e. The Labute approximate surface area is 257 Å². The van der Waals surface area contributed by atoms with Gasteiger partial charge in [0, 0.05) is 18.5 Å². The number of ether oxygens (including phenoxy) is 3. The van der Waals surface area contributed by atoms with E-state index in [0.717, 1.165) is 30.8 Å². The number of alkyl halides is 2. The van der Waals surface area contributed by atoms with Gasteiger partial charge < -0.3 is 24.3 Å². The molecule has 12 heteroatoms. The van der Waals surface area contributed by atoms with E-state index in [1.165, 1.54) is 23.1 Å². The second-order valence-corrected chi connectivity index (χ2v) is 11.5. The number of carbonyl (C=O) groups excluding carboxylic acids is 2. The summed E-state index contributed by atoms with van der Waals surface area (Å²) in [5.74, 6) is -0.561. The molecular formula is C31H30Cl2F2N2O6. The lowest BCUT2D eigenvalue weighted by Crippen LogP contribution is -2.42. The molecule has 2 heterocycles. The molecule has 5 rings (SSSR count). The third-order valence-corrected chi connectivity index (χ3v) is 8.13. The standard InChI is InChI=1S/C31H30Cl2F2N2O6/c32-23-16-36(40)17-24(33)22(23)15-27(21-10-11-26(43-31(34)35)28(14-21)41-18-20-8-9-20)42-30(39)25-7-4-12-37(25)29(38)13-19-5-2-1-3-6-19/h1-3,5-6,10-11,14,16-17,20,25,27,31H,4,7-9,12-13,15,18H2. The molecule has 1 saturated carbocycles. The fourth-order valence-corrected chi connectivity index (χ4v) is 5.66. The molecule has 0 N–H and O–H groups in total. The topological polar surface area (TPSA) is 92.0 Å². The number of aromatic nitrogens is 1. The maximum absolute atomic E-state index is 13.6. The average Bonchev–Trinajstić information content (AvgIpc) is 3.66. The van der Waals surface area contributed by atoms with Crippen LogP contribution < -0.4 is 14.2 Å². The van der Waals surface area contributed by atoms with E-state index in [1.807, 2.05) is 30.3 Å². The summed E-state index contributed by atoms with van der Waals surface area (Å²) in [5.41, 5.74) is 1.59. The third-order valence-electron chi connectivity index (χ3n) is 7.48. The highest BCUT2D eigenvalue weighted by Crippen LogP contribution is 2.38. The van der Waals surface area contributed by atoms with Crippen molar-refractivity contribution in [1.82, 2.24) is 4.90 Å². The highest BCUT2D eigenvalue weighted by molar-refractivity contribution is 6.35. The summed E-state index contributed by atoms with van der Waals surface area (Å²) >= 11 is 12.7. The number of carbonyl (C=O) groups is 2. The van der Waals surface area contributed by atoms with Crippen molar-refractivity contribution in [3.63, 3.8) is 0 Å². The Morgan fingerprint density at radius 3 is 2.42 bits per heavy atom. The van der Waals surface area contributed by atoms with E-state index in [1.54, 1.807) is 0 Å². The number of rotatable bonds is 12. The quantitative estimate of drug-likeness (QED) is 0.136. The molecule has 2 unspecified atom stereocenters. The zero-order valence-corrected chi connectivity index (χ0v) is 24.6. The fourth-order valence-electron chi connectivity index (χ4n) is 5.06. The highest BCUT2D eigenvalue weighted by Gasteiger charge is 2.37. The molecule has 1 saturated heterocycles. The first-order valence-electron chi connectivity index (χ1n) is 14.0. The molecule has 2 atom stereocenters. The van der Waals surface area contributed by atoms with E-state index in [-0.39, 0.29) is 40.3 Å². The first-order valence-corrected chi connectivity index (χ1v) is 14.8. The number of amides is 1. The molecule has 3 aromatic rings. The first kappa shape index (κ1) is 30.8. The summed E-state index contributed by atoms with van der Waals surface area (Å²) in [5, 5.41) is 12.0. The first-order chi connectivity index (χ1) is 20.7. The summed E-state index contributed by atoms with van der Waals surface area (Å²) in [7, 11) is 0. The van der Waals surface area contributed by atoms with Crippen LogP contribution in [0.2, 0.25) is 10.0 Å². The van der Waals surface area contributed by atoms with Crippen LogP contribution in [0.4, 0.5) is 8.78 Å². The maximum atomic E-state index is 13.6. The molecule has 0 bridgehead atoms. The van der Waals surface area contributed by atoms with E-state index >= 15 is 0 Å². The van der Waals surface area contributed by atoms with Crippen LogP contribution in [0.15, 0.2) is 60.9 Å². The minimum absolute atomic E-state index is 0.0357. The second kappa shape index (κ2) is 13.8. The van der Waals surface area contributed by atoms with Crippen LogP contribution in [0.25, 0.3) is 0 Å². The largest absolute Gasteiger partial charge is 0.619 e. The van der Waals surface area contributed by atoms with Gasteiger partial charge >= 0.3 is 12.6 Å². The van der Waals surface area contributed by atoms with E-state index in [9.17, 15) is 23.6 Å². The van der Waals surface area contributed by atoms with Crippen LogP contribution in [0.5, 0.6) is 11.5 Å². The average molecular weight is 635 g/mol. The van der Waals surface area contributed by atoms with Crippen molar-refractivity contribution in [2.45, 2.75) is 57.3 Å². The molecule has 1 aliphatic carbocycles. The number of halogens is 4. The Hall–Kier alpha value is -3.63. The van der Waals surface area contributed by atoms with Crippen molar-refractivity contribution in [2.24, 2.45) is 5.92 Å². The zero-order valence-electron chi connectivity index (χ0n) is 23.1. The molecule has 1 amide bonds. The van der Waals surface area contributed by atoms with Gasteiger partial charge in [-0.2, -0.15) is 13.5 Å². The Bertz CT molecular complexity index is 1430. The number of hydrogen-bond donors (Lipinski definition) is 0. The molecule has 2 aliphatic rings. The van der Waals surface area contributed by atoms with Gasteiger partial charge in [-0.1, -0.05) is 59.6 Å². The Morgan fingerprint density at radius 2 is 1.74 bits per heavy atom. The lowest BCUT2D eigenvalue weighted by molar-refractivity contribution is -0.605. The third kappa shape index (κ3) is 8.06. The molecule has 0 spiro atoms. The summed E-state index contributed by atoms with van der Waals surface area (Å²) in [6.07, 6.45) is 4.37. The minimum Gasteiger partial charge on any atom is -0.619 e. The second-order valence-electron chi connectivity index (χ2n) is 10.7. The van der Waals surface area contributed by atoms with E-state index < -0.39 is 24.7 Å². The van der Waals surface area contributed by atoms with Gasteiger partial charge in [-0.15, -0.1) is 0 Å². The van der Waals surface area contributed by atoms with Crippen molar-refractivity contribution in [3.8, 4) is 11.5 Å². The predicted molar refractivity (Wildman–Crippen MR) is 154 cm³/mol. The summed E-state index contributed by atoms with van der Waals surface area (Å²) in [6.45, 7) is -2.33. The van der Waals surface area contributed by atoms with Crippen LogP contribution in [0, 0.1) is 11.1 Å². The lowest BCUT2D eigenvalue weighted by Gasteiger charge is -2.27. The van der Waals surface area contributed by atoms with Crippen LogP contribution in [-0.2, 0) is 27.2 Å². The fraction of sp³-hybridized carbons (Fsp3) is 0.387. The molecule has 43 heavy (non-hydrogen) atoms. The number of nitrogens with zero attached hydrogens (tertiary/aromatic N) is 2. The van der Waals surface area contributed by atoms with Gasteiger partial charge in [-0.3, -0.25) is 4.79 Å². The van der Waals surface area contributed by atoms with Crippen LogP contribution in [0.1, 0.15) is 48.5 Å². The van der Waals surface area contributed by atoms with E-state index in [0.29, 0.717) is 47.8 Å². The van der Waals surface area contributed by atoms with Crippen LogP contribution >= 0.6 is 23.2 Å². The number of hydrogen-bond acceptors (Lipinski definition) is 6. The molecule has 1 aliphatic heterocycles. The Morgan fingerprint density at radius 1 is 1.02 bits per heavy atom. The van der Waals surface area contributed by atoms with Gasteiger partial charge in [0.2, 0.25) is 5.91 Å². The van der Waals surface area contributed by atoms with Crippen LogP contribution in [0.3, 0.4) is 0 Å². The molecular weight excluding hydrogens is 605 g/mol. The van der Waals surface area contributed by atoms with Crippen molar-refractivity contribution in [3.05, 3.63) is 92.9 Å². The Kier molecular flexibility index (Phi) is 9.87. The molecule has 228 valence electrons. The normalized spacial score (nSPS) is 17.1. The van der Waals surface area contributed by atoms with Gasteiger partial charge in [0.05, 0.1) is 13.0 Å². The van der Waals surface area contributed by atoms with Crippen LogP contribution in [-0.4, -0.2) is 42.6 Å². The molecule has 8 nitrogen and oxygen atoms in total.